The van der Waals surface area contributed by atoms with Crippen molar-refractivity contribution in [3.63, 3.8) is 0 Å². The Morgan fingerprint density at radius 3 is 2.72 bits per heavy atom. The molecule has 0 saturated heterocycles. The number of carbonyl (C=O) groups is 2. The summed E-state index contributed by atoms with van der Waals surface area (Å²) in [6, 6.07) is 14.1. The fraction of sp³-hybridized carbons (Fsp3) is 0.407. The van der Waals surface area contributed by atoms with Crippen LogP contribution < -0.4 is 4.74 Å². The maximum absolute atomic E-state index is 13.5. The number of aliphatic carboxylic acids is 1. The zero-order valence-electron chi connectivity index (χ0n) is 18.8. The maximum Gasteiger partial charge on any atom is 0.303 e. The Hall–Kier alpha value is -3.08. The number of allylic oxidation sites excluding steroid dienone is 2. The molecule has 32 heavy (non-hydrogen) atoms. The van der Waals surface area contributed by atoms with E-state index in [1.54, 1.807) is 0 Å². The lowest BCUT2D eigenvalue weighted by atomic mass is 10.00. The first-order valence-corrected chi connectivity index (χ1v) is 11.6. The minimum atomic E-state index is -0.786. The Kier molecular flexibility index (Phi) is 8.90. The normalized spacial score (nSPS) is 16.2. The van der Waals surface area contributed by atoms with Crippen LogP contribution in [-0.4, -0.2) is 41.1 Å². The number of amides is 1. The van der Waals surface area contributed by atoms with Crippen molar-refractivity contribution in [3.8, 4) is 5.75 Å². The molecule has 2 aromatic carbocycles. The molecule has 0 saturated carbocycles. The van der Waals surface area contributed by atoms with Gasteiger partial charge in [-0.25, -0.2) is 0 Å². The van der Waals surface area contributed by atoms with Crippen LogP contribution in [0.25, 0.3) is 10.8 Å². The average Bonchev–Trinajstić information content (AvgIpc) is 2.81. The molecule has 1 N–H and O–H groups in total. The Balaban J connectivity index is 1.76. The molecule has 0 heterocycles. The molecule has 0 fully saturated rings. The molecule has 0 aliphatic heterocycles. The number of unbranched alkanes of at least 4 members (excludes halogenated alkanes) is 2. The Bertz CT molecular complexity index is 973. The van der Waals surface area contributed by atoms with E-state index in [9.17, 15) is 9.59 Å². The van der Waals surface area contributed by atoms with E-state index in [0.717, 1.165) is 42.2 Å². The van der Waals surface area contributed by atoms with Gasteiger partial charge >= 0.3 is 5.97 Å². The SMILES string of the molecule is CCN(C(=O)/C(=C/CCCCC(=O)O)COc1cccc2ccccc12)C1C=CCCC1. The number of hydrogen-bond acceptors (Lipinski definition) is 3. The monoisotopic (exact) mass is 435 g/mol. The van der Waals surface area contributed by atoms with Gasteiger partial charge in [0.25, 0.3) is 5.91 Å². The number of carbonyl (C=O) groups excluding carboxylic acids is 1. The number of ether oxygens (including phenoxy) is 1. The van der Waals surface area contributed by atoms with Gasteiger partial charge in [0, 0.05) is 18.4 Å². The lowest BCUT2D eigenvalue weighted by Gasteiger charge is -2.31. The second-order valence-corrected chi connectivity index (χ2v) is 8.15. The van der Waals surface area contributed by atoms with E-state index < -0.39 is 5.97 Å². The predicted octanol–water partition coefficient (Wildman–Crippen LogP) is 5.75. The lowest BCUT2D eigenvalue weighted by molar-refractivity contribution is -0.137. The van der Waals surface area contributed by atoms with Gasteiger partial charge in [0.15, 0.2) is 0 Å². The first kappa shape index (κ1) is 23.6. The lowest BCUT2D eigenvalue weighted by Crippen LogP contribution is -2.41. The third-order valence-corrected chi connectivity index (χ3v) is 5.87. The van der Waals surface area contributed by atoms with E-state index in [2.05, 4.69) is 12.2 Å². The smallest absolute Gasteiger partial charge is 0.303 e. The molecule has 0 aromatic heterocycles. The molecule has 5 heteroatoms. The number of nitrogens with zero attached hydrogens (tertiary/aromatic N) is 1. The molecule has 0 spiro atoms. The average molecular weight is 436 g/mol. The van der Waals surface area contributed by atoms with Gasteiger partial charge < -0.3 is 14.7 Å². The van der Waals surface area contributed by atoms with E-state index in [0.29, 0.717) is 25.0 Å². The number of rotatable bonds is 11. The zero-order chi connectivity index (χ0) is 22.8. The molecular weight excluding hydrogens is 402 g/mol. The molecule has 5 nitrogen and oxygen atoms in total. The molecule has 3 rings (SSSR count). The molecule has 170 valence electrons. The number of likely N-dealkylation sites (N-methyl/N-ethyl adjacent to an activating group) is 1. The van der Waals surface area contributed by atoms with Crippen LogP contribution in [0.15, 0.2) is 66.3 Å². The quantitative estimate of drug-likeness (QED) is 0.277. The van der Waals surface area contributed by atoms with E-state index in [-0.39, 0.29) is 25.0 Å². The summed E-state index contributed by atoms with van der Waals surface area (Å²) in [7, 11) is 0. The third-order valence-electron chi connectivity index (χ3n) is 5.87. The molecule has 0 bridgehead atoms. The zero-order valence-corrected chi connectivity index (χ0v) is 18.8. The summed E-state index contributed by atoms with van der Waals surface area (Å²) in [5, 5.41) is 11.0. The van der Waals surface area contributed by atoms with Gasteiger partial charge in [-0.2, -0.15) is 0 Å². The standard InChI is InChI=1S/C27H33NO4/c1-2-28(23-15-6-4-7-16-23)27(31)22(13-5-3-8-19-26(29)30)20-32-25-18-11-14-21-12-9-10-17-24(21)25/h6,9-15,17-18,23H,2-5,7-8,16,19-20H2,1H3,(H,29,30)/b22-13+. The summed E-state index contributed by atoms with van der Waals surface area (Å²) in [5.74, 6) is -0.0263. The summed E-state index contributed by atoms with van der Waals surface area (Å²) in [4.78, 5) is 26.2. The van der Waals surface area contributed by atoms with Gasteiger partial charge in [-0.15, -0.1) is 0 Å². The van der Waals surface area contributed by atoms with Crippen molar-refractivity contribution in [3.05, 3.63) is 66.3 Å². The van der Waals surface area contributed by atoms with Gasteiger partial charge in [0.1, 0.15) is 12.4 Å². The van der Waals surface area contributed by atoms with Gasteiger partial charge in [0.2, 0.25) is 0 Å². The number of carboxylic acids is 1. The molecule has 1 aliphatic rings. The van der Waals surface area contributed by atoms with Gasteiger partial charge in [0.05, 0.1) is 11.6 Å². The van der Waals surface area contributed by atoms with Gasteiger partial charge in [-0.1, -0.05) is 54.6 Å². The van der Waals surface area contributed by atoms with Gasteiger partial charge in [-0.3, -0.25) is 9.59 Å². The summed E-state index contributed by atoms with van der Waals surface area (Å²) in [6.45, 7) is 2.84. The van der Waals surface area contributed by atoms with Crippen LogP contribution >= 0.6 is 0 Å². The van der Waals surface area contributed by atoms with Gasteiger partial charge in [-0.05, 0) is 56.9 Å². The third kappa shape index (κ3) is 6.46. The summed E-state index contributed by atoms with van der Waals surface area (Å²) in [5.41, 5.74) is 0.633. The highest BCUT2D eigenvalue weighted by Crippen LogP contribution is 2.26. The van der Waals surface area contributed by atoms with Crippen LogP contribution in [0.2, 0.25) is 0 Å². The van der Waals surface area contributed by atoms with E-state index in [4.69, 9.17) is 9.84 Å². The maximum atomic E-state index is 13.5. The van der Waals surface area contributed by atoms with Crippen molar-refractivity contribution in [2.75, 3.05) is 13.2 Å². The largest absolute Gasteiger partial charge is 0.488 e. The number of fused-ring (bicyclic) bond motifs is 1. The van der Waals surface area contributed by atoms with Crippen molar-refractivity contribution >= 4 is 22.6 Å². The summed E-state index contributed by atoms with van der Waals surface area (Å²) < 4.78 is 6.15. The topological polar surface area (TPSA) is 66.8 Å². The summed E-state index contributed by atoms with van der Waals surface area (Å²) >= 11 is 0. The van der Waals surface area contributed by atoms with Crippen molar-refractivity contribution < 1.29 is 19.4 Å². The highest BCUT2D eigenvalue weighted by Gasteiger charge is 2.24. The second kappa shape index (κ2) is 12.1. The van der Waals surface area contributed by atoms with Crippen LogP contribution in [0, 0.1) is 0 Å². The molecule has 0 radical (unpaired) electrons. The van der Waals surface area contributed by atoms with Crippen LogP contribution in [0.1, 0.15) is 51.9 Å². The highest BCUT2D eigenvalue weighted by molar-refractivity contribution is 5.94. The summed E-state index contributed by atoms with van der Waals surface area (Å²) in [6.07, 6.45) is 11.5. The van der Waals surface area contributed by atoms with Crippen LogP contribution in [0.3, 0.4) is 0 Å². The van der Waals surface area contributed by atoms with Crippen LogP contribution in [0.5, 0.6) is 5.75 Å². The first-order valence-electron chi connectivity index (χ1n) is 11.6. The van der Waals surface area contributed by atoms with Crippen LogP contribution in [-0.2, 0) is 9.59 Å². The fourth-order valence-electron chi connectivity index (χ4n) is 4.15. The second-order valence-electron chi connectivity index (χ2n) is 8.15. The Labute approximate surface area is 190 Å². The van der Waals surface area contributed by atoms with E-state index in [1.165, 1.54) is 0 Å². The van der Waals surface area contributed by atoms with Crippen molar-refractivity contribution in [2.45, 2.75) is 57.9 Å². The fourth-order valence-corrected chi connectivity index (χ4v) is 4.15. The molecule has 1 unspecified atom stereocenters. The number of benzene rings is 2. The first-order chi connectivity index (χ1) is 15.6. The molecular formula is C27H33NO4. The van der Waals surface area contributed by atoms with Crippen LogP contribution in [0.4, 0.5) is 0 Å². The van der Waals surface area contributed by atoms with Crippen molar-refractivity contribution in [1.82, 2.24) is 4.90 Å². The minimum absolute atomic E-state index is 0.00233. The minimum Gasteiger partial charge on any atom is -0.488 e. The molecule has 1 amide bonds. The molecule has 2 aromatic rings. The number of carboxylic acid groups (broad SMARTS) is 1. The number of hydrogen-bond donors (Lipinski definition) is 1. The van der Waals surface area contributed by atoms with Crippen molar-refractivity contribution in [2.24, 2.45) is 0 Å². The Morgan fingerprint density at radius 1 is 1.16 bits per heavy atom. The predicted molar refractivity (Wildman–Crippen MR) is 128 cm³/mol. The highest BCUT2D eigenvalue weighted by atomic mass is 16.5. The Morgan fingerprint density at radius 2 is 1.97 bits per heavy atom. The molecule has 1 atom stereocenters. The van der Waals surface area contributed by atoms with E-state index in [1.807, 2.05) is 60.4 Å². The van der Waals surface area contributed by atoms with E-state index >= 15 is 0 Å². The van der Waals surface area contributed by atoms with Crippen molar-refractivity contribution in [1.29, 1.82) is 0 Å². The molecule has 1 aliphatic carbocycles.